The summed E-state index contributed by atoms with van der Waals surface area (Å²) in [6, 6.07) is 7.75. The highest BCUT2D eigenvalue weighted by atomic mass is 32.1. The lowest BCUT2D eigenvalue weighted by Crippen LogP contribution is -2.30. The van der Waals surface area contributed by atoms with E-state index < -0.39 is 12.0 Å². The van der Waals surface area contributed by atoms with E-state index in [0.717, 1.165) is 36.1 Å². The lowest BCUT2D eigenvalue weighted by molar-refractivity contribution is -0.122. The van der Waals surface area contributed by atoms with Crippen molar-refractivity contribution in [1.29, 1.82) is 0 Å². The normalized spacial score (nSPS) is 14.5. The first kappa shape index (κ1) is 19.4. The van der Waals surface area contributed by atoms with E-state index in [1.54, 1.807) is 6.92 Å². The first-order valence-corrected chi connectivity index (χ1v) is 10.2. The molecule has 1 aliphatic rings. The monoisotopic (exact) mass is 386 g/mol. The van der Waals surface area contributed by atoms with Gasteiger partial charge in [-0.15, -0.1) is 11.3 Å². The molecule has 1 unspecified atom stereocenters. The van der Waals surface area contributed by atoms with Crippen molar-refractivity contribution in [2.24, 2.45) is 5.73 Å². The van der Waals surface area contributed by atoms with Crippen LogP contribution < -0.4 is 15.8 Å². The number of rotatable bonds is 6. The maximum atomic E-state index is 12.6. The van der Waals surface area contributed by atoms with Crippen molar-refractivity contribution in [3.8, 4) is 5.75 Å². The Morgan fingerprint density at radius 3 is 2.41 bits per heavy atom. The number of benzene rings is 1. The van der Waals surface area contributed by atoms with Crippen molar-refractivity contribution in [2.75, 3.05) is 5.32 Å². The number of ether oxygens (including phenoxy) is 1. The zero-order chi connectivity index (χ0) is 19.6. The van der Waals surface area contributed by atoms with Crippen molar-refractivity contribution in [3.63, 3.8) is 0 Å². The second-order valence-electron chi connectivity index (χ2n) is 7.25. The Morgan fingerprint density at radius 2 is 1.78 bits per heavy atom. The summed E-state index contributed by atoms with van der Waals surface area (Å²) in [4.78, 5) is 25.7. The standard InChI is InChI=1S/C21H26N2O3S/c1-12(2)14-8-10-15(11-9-14)26-13(3)20(25)23-21-18(19(22)24)16-6-4-5-7-17(16)27-21/h8-13H,4-7H2,1-3H3,(H2,22,24)(H,23,25). The molecule has 5 nitrogen and oxygen atoms in total. The number of carbonyl (C=O) groups excluding carboxylic acids is 2. The highest BCUT2D eigenvalue weighted by Gasteiger charge is 2.26. The van der Waals surface area contributed by atoms with E-state index in [4.69, 9.17) is 10.5 Å². The fourth-order valence-electron chi connectivity index (χ4n) is 3.32. The first-order valence-electron chi connectivity index (χ1n) is 9.38. The molecule has 2 amide bonds. The molecule has 1 heterocycles. The molecular weight excluding hydrogens is 360 g/mol. The van der Waals surface area contributed by atoms with Gasteiger partial charge in [0.2, 0.25) is 0 Å². The zero-order valence-corrected chi connectivity index (χ0v) is 16.8. The third-order valence-electron chi connectivity index (χ3n) is 4.88. The summed E-state index contributed by atoms with van der Waals surface area (Å²) in [6.45, 7) is 5.95. The van der Waals surface area contributed by atoms with E-state index >= 15 is 0 Å². The lowest BCUT2D eigenvalue weighted by Gasteiger charge is -2.15. The Morgan fingerprint density at radius 1 is 1.11 bits per heavy atom. The second-order valence-corrected chi connectivity index (χ2v) is 8.36. The van der Waals surface area contributed by atoms with Gasteiger partial charge in [-0.3, -0.25) is 9.59 Å². The van der Waals surface area contributed by atoms with Gasteiger partial charge < -0.3 is 15.8 Å². The maximum absolute atomic E-state index is 12.6. The minimum atomic E-state index is -0.685. The molecule has 1 atom stereocenters. The van der Waals surface area contributed by atoms with E-state index in [2.05, 4.69) is 19.2 Å². The highest BCUT2D eigenvalue weighted by Crippen LogP contribution is 2.38. The van der Waals surface area contributed by atoms with Crippen molar-refractivity contribution in [1.82, 2.24) is 0 Å². The Labute approximate surface area is 163 Å². The van der Waals surface area contributed by atoms with Crippen LogP contribution in [0.3, 0.4) is 0 Å². The van der Waals surface area contributed by atoms with Crippen LogP contribution in [0.1, 0.15) is 65.9 Å². The topological polar surface area (TPSA) is 81.4 Å². The number of thiophene rings is 1. The third kappa shape index (κ3) is 4.33. The minimum Gasteiger partial charge on any atom is -0.481 e. The van der Waals surface area contributed by atoms with Gasteiger partial charge in [-0.05, 0) is 61.8 Å². The van der Waals surface area contributed by atoms with Gasteiger partial charge in [0.25, 0.3) is 11.8 Å². The summed E-state index contributed by atoms with van der Waals surface area (Å²) in [7, 11) is 0. The molecule has 6 heteroatoms. The average molecular weight is 387 g/mol. The molecule has 2 aromatic rings. The summed E-state index contributed by atoms with van der Waals surface area (Å²) in [5, 5.41) is 3.40. The fourth-order valence-corrected chi connectivity index (χ4v) is 4.61. The Kier molecular flexibility index (Phi) is 5.85. The van der Waals surface area contributed by atoms with Gasteiger partial charge >= 0.3 is 0 Å². The van der Waals surface area contributed by atoms with E-state index in [1.165, 1.54) is 16.9 Å². The van der Waals surface area contributed by atoms with Gasteiger partial charge in [-0.1, -0.05) is 26.0 Å². The number of amides is 2. The highest BCUT2D eigenvalue weighted by molar-refractivity contribution is 7.17. The smallest absolute Gasteiger partial charge is 0.265 e. The van der Waals surface area contributed by atoms with Crippen LogP contribution in [-0.2, 0) is 17.6 Å². The molecule has 144 valence electrons. The molecule has 1 aromatic carbocycles. The molecule has 1 aliphatic carbocycles. The van der Waals surface area contributed by atoms with Crippen LogP contribution in [0.25, 0.3) is 0 Å². The number of primary amides is 1. The Bertz CT molecular complexity index is 840. The predicted octanol–water partition coefficient (Wildman–Crippen LogP) is 4.26. The third-order valence-corrected chi connectivity index (χ3v) is 6.09. The molecular formula is C21H26N2O3S. The molecule has 3 N–H and O–H groups in total. The van der Waals surface area contributed by atoms with Gasteiger partial charge in [0, 0.05) is 4.88 Å². The number of nitrogens with one attached hydrogen (secondary N) is 1. The van der Waals surface area contributed by atoms with Gasteiger partial charge in [0.05, 0.1) is 5.56 Å². The molecule has 0 saturated carbocycles. The average Bonchev–Trinajstić information content (AvgIpc) is 3.00. The predicted molar refractivity (Wildman–Crippen MR) is 109 cm³/mol. The zero-order valence-electron chi connectivity index (χ0n) is 16.0. The number of hydrogen-bond donors (Lipinski definition) is 2. The quantitative estimate of drug-likeness (QED) is 0.778. The van der Waals surface area contributed by atoms with Crippen LogP contribution in [0.4, 0.5) is 5.00 Å². The Balaban J connectivity index is 1.71. The number of carbonyl (C=O) groups is 2. The van der Waals surface area contributed by atoms with E-state index in [9.17, 15) is 9.59 Å². The van der Waals surface area contributed by atoms with E-state index in [0.29, 0.717) is 22.2 Å². The number of aryl methyl sites for hydroxylation is 1. The molecule has 0 radical (unpaired) electrons. The summed E-state index contributed by atoms with van der Waals surface area (Å²) in [5.41, 5.74) is 8.27. The molecule has 27 heavy (non-hydrogen) atoms. The van der Waals surface area contributed by atoms with Crippen molar-refractivity contribution in [3.05, 3.63) is 45.8 Å². The first-order chi connectivity index (χ1) is 12.9. The van der Waals surface area contributed by atoms with Crippen molar-refractivity contribution < 1.29 is 14.3 Å². The number of fused-ring (bicyclic) bond motifs is 1. The lowest BCUT2D eigenvalue weighted by atomic mass is 9.95. The number of hydrogen-bond acceptors (Lipinski definition) is 4. The summed E-state index contributed by atoms with van der Waals surface area (Å²) in [6.07, 6.45) is 3.24. The summed E-state index contributed by atoms with van der Waals surface area (Å²) < 4.78 is 5.76. The van der Waals surface area contributed by atoms with Gasteiger partial charge in [0.15, 0.2) is 6.10 Å². The molecule has 1 aromatic heterocycles. The van der Waals surface area contributed by atoms with Crippen molar-refractivity contribution in [2.45, 2.75) is 58.5 Å². The van der Waals surface area contributed by atoms with Gasteiger partial charge in [-0.25, -0.2) is 0 Å². The van der Waals surface area contributed by atoms with Crippen LogP contribution in [-0.4, -0.2) is 17.9 Å². The SMILES string of the molecule is CC(Oc1ccc(C(C)C)cc1)C(=O)Nc1sc2c(c1C(N)=O)CCCC2. The fraction of sp³-hybridized carbons (Fsp3) is 0.429. The molecule has 0 fully saturated rings. The van der Waals surface area contributed by atoms with Crippen LogP contribution in [0, 0.1) is 0 Å². The second kappa shape index (κ2) is 8.13. The number of anilines is 1. The van der Waals surface area contributed by atoms with E-state index in [1.807, 2.05) is 24.3 Å². The molecule has 0 spiro atoms. The number of nitrogens with two attached hydrogens (primary N) is 1. The summed E-state index contributed by atoms with van der Waals surface area (Å²) >= 11 is 1.46. The van der Waals surface area contributed by atoms with Gasteiger partial charge in [-0.2, -0.15) is 0 Å². The van der Waals surface area contributed by atoms with Gasteiger partial charge in [0.1, 0.15) is 10.8 Å². The van der Waals surface area contributed by atoms with Crippen LogP contribution in [0.15, 0.2) is 24.3 Å². The molecule has 0 saturated heterocycles. The largest absolute Gasteiger partial charge is 0.481 e. The van der Waals surface area contributed by atoms with Crippen LogP contribution >= 0.6 is 11.3 Å². The van der Waals surface area contributed by atoms with Crippen LogP contribution in [0.5, 0.6) is 5.75 Å². The molecule has 3 rings (SSSR count). The maximum Gasteiger partial charge on any atom is 0.265 e. The van der Waals surface area contributed by atoms with Crippen molar-refractivity contribution >= 4 is 28.2 Å². The molecule has 0 aliphatic heterocycles. The minimum absolute atomic E-state index is 0.288. The van der Waals surface area contributed by atoms with E-state index in [-0.39, 0.29) is 5.91 Å². The summed E-state index contributed by atoms with van der Waals surface area (Å²) in [5.74, 6) is 0.311. The Hall–Kier alpha value is -2.34. The molecule has 0 bridgehead atoms. The van der Waals surface area contributed by atoms with Crippen LogP contribution in [0.2, 0.25) is 0 Å².